The fourth-order valence-corrected chi connectivity index (χ4v) is 3.19. The van der Waals surface area contributed by atoms with E-state index in [1.165, 1.54) is 0 Å². The molecule has 0 saturated carbocycles. The predicted molar refractivity (Wildman–Crippen MR) is 103 cm³/mol. The first-order valence-electron chi connectivity index (χ1n) is 8.90. The van der Waals surface area contributed by atoms with Crippen LogP contribution in [0.4, 0.5) is 11.4 Å². The predicted octanol–water partition coefficient (Wildman–Crippen LogP) is 3.69. The van der Waals surface area contributed by atoms with E-state index in [1.807, 2.05) is 63.2 Å². The second-order valence-electron chi connectivity index (χ2n) is 6.57. The summed E-state index contributed by atoms with van der Waals surface area (Å²) in [5.74, 6) is 0.275. The maximum absolute atomic E-state index is 12.6. The van der Waals surface area contributed by atoms with Gasteiger partial charge in [-0.15, -0.1) is 0 Å². The Morgan fingerprint density at radius 2 is 1.92 bits per heavy atom. The van der Waals surface area contributed by atoms with Crippen LogP contribution in [0.25, 0.3) is 0 Å². The molecule has 0 radical (unpaired) electrons. The van der Waals surface area contributed by atoms with Crippen LogP contribution in [0.15, 0.2) is 42.5 Å². The SMILES string of the molecule is CCOc1ccc(NC(=O)[C@H]2CC(=O)N(c3cccc(C)c3C)C2)cc1. The molecule has 2 amide bonds. The Morgan fingerprint density at radius 1 is 1.19 bits per heavy atom. The number of ether oxygens (including phenoxy) is 1. The highest BCUT2D eigenvalue weighted by molar-refractivity contribution is 6.03. The van der Waals surface area contributed by atoms with Crippen molar-refractivity contribution in [2.45, 2.75) is 27.2 Å². The van der Waals surface area contributed by atoms with E-state index in [0.29, 0.717) is 18.8 Å². The highest BCUT2D eigenvalue weighted by atomic mass is 16.5. The molecule has 1 aliphatic heterocycles. The summed E-state index contributed by atoms with van der Waals surface area (Å²) in [5.41, 5.74) is 3.81. The maximum Gasteiger partial charge on any atom is 0.229 e. The zero-order valence-corrected chi connectivity index (χ0v) is 15.4. The van der Waals surface area contributed by atoms with Gasteiger partial charge in [0.15, 0.2) is 0 Å². The molecule has 1 aliphatic rings. The number of hydrogen-bond acceptors (Lipinski definition) is 3. The number of anilines is 2. The van der Waals surface area contributed by atoms with Crippen molar-refractivity contribution < 1.29 is 14.3 Å². The summed E-state index contributed by atoms with van der Waals surface area (Å²) in [6.45, 7) is 6.96. The molecule has 1 atom stereocenters. The van der Waals surface area contributed by atoms with Crippen molar-refractivity contribution in [1.82, 2.24) is 0 Å². The van der Waals surface area contributed by atoms with Crippen LogP contribution in [-0.4, -0.2) is 25.0 Å². The van der Waals surface area contributed by atoms with Gasteiger partial charge in [0.25, 0.3) is 0 Å². The molecule has 1 N–H and O–H groups in total. The van der Waals surface area contributed by atoms with Gasteiger partial charge in [-0.2, -0.15) is 0 Å². The van der Waals surface area contributed by atoms with Crippen molar-refractivity contribution in [3.8, 4) is 5.75 Å². The van der Waals surface area contributed by atoms with E-state index < -0.39 is 0 Å². The molecule has 26 heavy (non-hydrogen) atoms. The van der Waals surface area contributed by atoms with E-state index in [0.717, 1.165) is 22.6 Å². The van der Waals surface area contributed by atoms with E-state index in [-0.39, 0.29) is 24.2 Å². The minimum Gasteiger partial charge on any atom is -0.494 e. The van der Waals surface area contributed by atoms with Gasteiger partial charge in [0.2, 0.25) is 11.8 Å². The number of aryl methyl sites for hydroxylation is 1. The van der Waals surface area contributed by atoms with Gasteiger partial charge in [0, 0.05) is 24.3 Å². The van der Waals surface area contributed by atoms with Crippen LogP contribution in [0.1, 0.15) is 24.5 Å². The van der Waals surface area contributed by atoms with Crippen LogP contribution in [-0.2, 0) is 9.59 Å². The first-order chi connectivity index (χ1) is 12.5. The van der Waals surface area contributed by atoms with Gasteiger partial charge in [0.05, 0.1) is 12.5 Å². The lowest BCUT2D eigenvalue weighted by Crippen LogP contribution is -2.28. The fourth-order valence-electron chi connectivity index (χ4n) is 3.19. The van der Waals surface area contributed by atoms with Gasteiger partial charge < -0.3 is 15.0 Å². The van der Waals surface area contributed by atoms with E-state index in [1.54, 1.807) is 4.90 Å². The van der Waals surface area contributed by atoms with E-state index in [4.69, 9.17) is 4.74 Å². The third kappa shape index (κ3) is 3.72. The lowest BCUT2D eigenvalue weighted by Gasteiger charge is -2.20. The Bertz CT molecular complexity index is 815. The minimum atomic E-state index is -0.353. The molecule has 5 nitrogen and oxygen atoms in total. The minimum absolute atomic E-state index is 0.00876. The molecule has 2 aromatic carbocycles. The van der Waals surface area contributed by atoms with Crippen molar-refractivity contribution in [2.75, 3.05) is 23.4 Å². The number of carbonyl (C=O) groups excluding carboxylic acids is 2. The quantitative estimate of drug-likeness (QED) is 0.893. The first-order valence-corrected chi connectivity index (χ1v) is 8.90. The molecule has 1 heterocycles. The number of nitrogens with zero attached hydrogens (tertiary/aromatic N) is 1. The van der Waals surface area contributed by atoms with Crippen LogP contribution >= 0.6 is 0 Å². The molecular formula is C21H24N2O3. The molecule has 5 heteroatoms. The zero-order chi connectivity index (χ0) is 18.7. The molecule has 0 aromatic heterocycles. The second-order valence-corrected chi connectivity index (χ2v) is 6.57. The van der Waals surface area contributed by atoms with Crippen LogP contribution in [0, 0.1) is 19.8 Å². The molecule has 0 bridgehead atoms. The molecule has 3 rings (SSSR count). The average molecular weight is 352 g/mol. The monoisotopic (exact) mass is 352 g/mol. The highest BCUT2D eigenvalue weighted by Gasteiger charge is 2.35. The smallest absolute Gasteiger partial charge is 0.229 e. The maximum atomic E-state index is 12.6. The summed E-state index contributed by atoms with van der Waals surface area (Å²) in [6, 6.07) is 13.2. The van der Waals surface area contributed by atoms with Gasteiger partial charge in [-0.05, 0) is 62.2 Å². The number of rotatable bonds is 5. The molecule has 2 aromatic rings. The topological polar surface area (TPSA) is 58.6 Å². The van der Waals surface area contributed by atoms with Crippen molar-refractivity contribution in [2.24, 2.45) is 5.92 Å². The van der Waals surface area contributed by atoms with Crippen molar-refractivity contribution in [3.05, 3.63) is 53.6 Å². The molecule has 0 unspecified atom stereocenters. The molecule has 136 valence electrons. The standard InChI is InChI=1S/C21H24N2O3/c1-4-26-18-10-8-17(9-11-18)22-21(25)16-12-20(24)23(13-16)19-7-5-6-14(2)15(19)3/h5-11,16H,4,12-13H2,1-3H3,(H,22,25)/t16-/m0/s1. The van der Waals surface area contributed by atoms with Gasteiger partial charge in [0.1, 0.15) is 5.75 Å². The number of carbonyl (C=O) groups is 2. The highest BCUT2D eigenvalue weighted by Crippen LogP contribution is 2.30. The summed E-state index contributed by atoms with van der Waals surface area (Å²) >= 11 is 0. The van der Waals surface area contributed by atoms with E-state index in [9.17, 15) is 9.59 Å². The Morgan fingerprint density at radius 3 is 2.62 bits per heavy atom. The van der Waals surface area contributed by atoms with Gasteiger partial charge in [-0.1, -0.05) is 12.1 Å². The Kier molecular flexibility index (Phi) is 5.26. The largest absolute Gasteiger partial charge is 0.494 e. The summed E-state index contributed by atoms with van der Waals surface area (Å²) < 4.78 is 5.40. The summed E-state index contributed by atoms with van der Waals surface area (Å²) in [6.07, 6.45) is 0.232. The number of nitrogens with one attached hydrogen (secondary N) is 1. The van der Waals surface area contributed by atoms with Crippen molar-refractivity contribution >= 4 is 23.2 Å². The van der Waals surface area contributed by atoms with E-state index in [2.05, 4.69) is 5.32 Å². The van der Waals surface area contributed by atoms with Crippen molar-refractivity contribution in [1.29, 1.82) is 0 Å². The first kappa shape index (κ1) is 18.0. The third-order valence-corrected chi connectivity index (χ3v) is 4.80. The Hall–Kier alpha value is -2.82. The zero-order valence-electron chi connectivity index (χ0n) is 15.4. The average Bonchev–Trinajstić information content (AvgIpc) is 3.01. The summed E-state index contributed by atoms with van der Waals surface area (Å²) in [4.78, 5) is 26.8. The van der Waals surface area contributed by atoms with Crippen LogP contribution in [0.2, 0.25) is 0 Å². The second kappa shape index (κ2) is 7.60. The van der Waals surface area contributed by atoms with E-state index >= 15 is 0 Å². The van der Waals surface area contributed by atoms with Crippen molar-refractivity contribution in [3.63, 3.8) is 0 Å². The molecule has 1 saturated heterocycles. The number of amides is 2. The molecule has 0 aliphatic carbocycles. The Labute approximate surface area is 154 Å². The van der Waals surface area contributed by atoms with Gasteiger partial charge in [-0.3, -0.25) is 9.59 Å². The number of benzene rings is 2. The number of hydrogen-bond donors (Lipinski definition) is 1. The van der Waals surface area contributed by atoms with Crippen LogP contribution in [0.5, 0.6) is 5.75 Å². The lowest BCUT2D eigenvalue weighted by atomic mass is 10.1. The Balaban J connectivity index is 1.68. The summed E-state index contributed by atoms with van der Waals surface area (Å²) in [7, 11) is 0. The van der Waals surface area contributed by atoms with Crippen LogP contribution in [0.3, 0.4) is 0 Å². The van der Waals surface area contributed by atoms with Crippen LogP contribution < -0.4 is 15.0 Å². The van der Waals surface area contributed by atoms with Gasteiger partial charge in [-0.25, -0.2) is 0 Å². The fraction of sp³-hybridized carbons (Fsp3) is 0.333. The summed E-state index contributed by atoms with van der Waals surface area (Å²) in [5, 5.41) is 2.90. The molecule has 1 fully saturated rings. The normalized spacial score (nSPS) is 16.7. The third-order valence-electron chi connectivity index (χ3n) is 4.80. The lowest BCUT2D eigenvalue weighted by molar-refractivity contribution is -0.122. The van der Waals surface area contributed by atoms with Gasteiger partial charge >= 0.3 is 0 Å². The molecular weight excluding hydrogens is 328 g/mol. The molecule has 0 spiro atoms.